The summed E-state index contributed by atoms with van der Waals surface area (Å²) in [4.78, 5) is 24.9. The number of hydrogen-bond acceptors (Lipinski definition) is 5. The van der Waals surface area contributed by atoms with E-state index in [1.807, 2.05) is 12.1 Å². The summed E-state index contributed by atoms with van der Waals surface area (Å²) in [7, 11) is 0. The lowest BCUT2D eigenvalue weighted by atomic mass is 10.1. The Bertz CT molecular complexity index is 1190. The number of pyridine rings is 1. The molecule has 4 aromatic rings. The summed E-state index contributed by atoms with van der Waals surface area (Å²) in [6.07, 6.45) is 3.85. The molecule has 0 unspecified atom stereocenters. The molecule has 31 heavy (non-hydrogen) atoms. The number of thioether (sulfide) groups is 1. The molecule has 4 nitrogen and oxygen atoms in total. The Hall–Kier alpha value is -2.77. The van der Waals surface area contributed by atoms with Gasteiger partial charge < -0.3 is 0 Å². The molecule has 7 heteroatoms. The summed E-state index contributed by atoms with van der Waals surface area (Å²) in [5, 5.41) is 0.698. The molecule has 0 bridgehead atoms. The van der Waals surface area contributed by atoms with E-state index in [4.69, 9.17) is 4.98 Å². The highest BCUT2D eigenvalue weighted by molar-refractivity contribution is 7.99. The molecule has 1 amide bonds. The maximum absolute atomic E-state index is 13.2. The Labute approximate surface area is 189 Å². The minimum atomic E-state index is -0.260. The minimum absolute atomic E-state index is 0.00639. The van der Waals surface area contributed by atoms with Gasteiger partial charge in [-0.3, -0.25) is 14.7 Å². The number of thiazole rings is 1. The van der Waals surface area contributed by atoms with Crippen LogP contribution in [-0.2, 0) is 11.3 Å². The van der Waals surface area contributed by atoms with E-state index in [1.54, 1.807) is 41.2 Å². The Balaban J connectivity index is 1.56. The van der Waals surface area contributed by atoms with Crippen LogP contribution in [0, 0.1) is 19.7 Å². The van der Waals surface area contributed by atoms with Crippen molar-refractivity contribution in [2.45, 2.75) is 31.7 Å². The minimum Gasteiger partial charge on any atom is -0.284 e. The number of amides is 1. The lowest BCUT2D eigenvalue weighted by molar-refractivity contribution is -0.118. The van der Waals surface area contributed by atoms with E-state index in [0.717, 1.165) is 26.2 Å². The van der Waals surface area contributed by atoms with Crippen molar-refractivity contribution in [3.8, 4) is 0 Å². The summed E-state index contributed by atoms with van der Waals surface area (Å²) in [5.74, 6) is 0.355. The van der Waals surface area contributed by atoms with Gasteiger partial charge in [-0.05, 0) is 66.9 Å². The van der Waals surface area contributed by atoms with E-state index in [2.05, 4.69) is 31.0 Å². The van der Waals surface area contributed by atoms with Gasteiger partial charge in [0, 0.05) is 29.5 Å². The number of carbonyl (C=O) groups excluding carboxylic acids is 1. The predicted octanol–water partition coefficient (Wildman–Crippen LogP) is 6.16. The van der Waals surface area contributed by atoms with Gasteiger partial charge in [0.25, 0.3) is 0 Å². The van der Waals surface area contributed by atoms with Crippen LogP contribution < -0.4 is 4.90 Å². The first kappa shape index (κ1) is 21.5. The zero-order chi connectivity index (χ0) is 21.8. The molecule has 0 fully saturated rings. The zero-order valence-electron chi connectivity index (χ0n) is 17.3. The molecule has 0 radical (unpaired) electrons. The molecule has 2 aromatic carbocycles. The molecule has 0 N–H and O–H groups in total. The quantitative estimate of drug-likeness (QED) is 0.316. The van der Waals surface area contributed by atoms with Gasteiger partial charge in [0.2, 0.25) is 5.91 Å². The highest BCUT2D eigenvalue weighted by atomic mass is 32.2. The van der Waals surface area contributed by atoms with E-state index >= 15 is 0 Å². The van der Waals surface area contributed by atoms with Crippen molar-refractivity contribution in [2.75, 3.05) is 10.7 Å². The van der Waals surface area contributed by atoms with Crippen molar-refractivity contribution in [1.29, 1.82) is 0 Å². The van der Waals surface area contributed by atoms with Crippen molar-refractivity contribution in [2.24, 2.45) is 0 Å². The average Bonchev–Trinajstić information content (AvgIpc) is 3.21. The fourth-order valence-electron chi connectivity index (χ4n) is 3.19. The van der Waals surface area contributed by atoms with Crippen molar-refractivity contribution in [3.05, 3.63) is 83.4 Å². The van der Waals surface area contributed by atoms with E-state index in [1.165, 1.54) is 29.0 Å². The molecule has 4 rings (SSSR count). The molecule has 2 heterocycles. The number of fused-ring (bicyclic) bond motifs is 1. The van der Waals surface area contributed by atoms with Crippen LogP contribution in [0.3, 0.4) is 0 Å². The van der Waals surface area contributed by atoms with E-state index < -0.39 is 0 Å². The van der Waals surface area contributed by atoms with Crippen molar-refractivity contribution < 1.29 is 9.18 Å². The molecule has 0 aliphatic carbocycles. The number of aryl methyl sites for hydroxylation is 2. The number of anilines is 1. The van der Waals surface area contributed by atoms with Gasteiger partial charge in [-0.1, -0.05) is 23.5 Å². The molecule has 0 saturated heterocycles. The molecule has 0 aliphatic rings. The highest BCUT2D eigenvalue weighted by Crippen LogP contribution is 2.33. The first-order chi connectivity index (χ1) is 15.0. The number of rotatable bonds is 7. The topological polar surface area (TPSA) is 46.1 Å². The van der Waals surface area contributed by atoms with Gasteiger partial charge >= 0.3 is 0 Å². The summed E-state index contributed by atoms with van der Waals surface area (Å²) >= 11 is 3.07. The van der Waals surface area contributed by atoms with Crippen LogP contribution >= 0.6 is 23.1 Å². The number of hydrogen-bond donors (Lipinski definition) is 0. The van der Waals surface area contributed by atoms with E-state index in [9.17, 15) is 9.18 Å². The Morgan fingerprint density at radius 1 is 1.13 bits per heavy atom. The van der Waals surface area contributed by atoms with Crippen LogP contribution in [0.25, 0.3) is 10.2 Å². The number of carbonyl (C=O) groups is 1. The normalized spacial score (nSPS) is 11.1. The first-order valence-electron chi connectivity index (χ1n) is 9.95. The van der Waals surface area contributed by atoms with Gasteiger partial charge in [-0.25, -0.2) is 9.37 Å². The lowest BCUT2D eigenvalue weighted by Gasteiger charge is -2.20. The van der Waals surface area contributed by atoms with E-state index in [-0.39, 0.29) is 11.7 Å². The third kappa shape index (κ3) is 5.11. The fraction of sp³-hybridized carbons (Fsp3) is 0.208. The SMILES string of the molecule is Cc1ccc2sc(N(Cc3cccnc3)C(=O)CCSc3ccc(F)cc3)nc2c1C. The monoisotopic (exact) mass is 451 g/mol. The smallest absolute Gasteiger partial charge is 0.229 e. The van der Waals surface area contributed by atoms with Crippen LogP contribution in [0.15, 0.2) is 65.8 Å². The van der Waals surface area contributed by atoms with Crippen molar-refractivity contribution in [3.63, 3.8) is 0 Å². The zero-order valence-corrected chi connectivity index (χ0v) is 19.0. The van der Waals surface area contributed by atoms with Crippen molar-refractivity contribution in [1.82, 2.24) is 9.97 Å². The average molecular weight is 452 g/mol. The second kappa shape index (κ2) is 9.58. The maximum Gasteiger partial charge on any atom is 0.229 e. The van der Waals surface area contributed by atoms with Crippen LogP contribution in [0.2, 0.25) is 0 Å². The number of halogens is 1. The lowest BCUT2D eigenvalue weighted by Crippen LogP contribution is -2.30. The fourth-order valence-corrected chi connectivity index (χ4v) is 5.07. The first-order valence-corrected chi connectivity index (χ1v) is 11.8. The number of aromatic nitrogens is 2. The van der Waals surface area contributed by atoms with Gasteiger partial charge in [0.1, 0.15) is 5.82 Å². The maximum atomic E-state index is 13.2. The predicted molar refractivity (Wildman–Crippen MR) is 126 cm³/mol. The molecule has 158 valence electrons. The Morgan fingerprint density at radius 3 is 2.68 bits per heavy atom. The van der Waals surface area contributed by atoms with Crippen LogP contribution in [-0.4, -0.2) is 21.6 Å². The number of benzene rings is 2. The molecule has 0 aliphatic heterocycles. The van der Waals surface area contributed by atoms with E-state index in [0.29, 0.717) is 23.8 Å². The highest BCUT2D eigenvalue weighted by Gasteiger charge is 2.21. The Kier molecular flexibility index (Phi) is 6.63. The van der Waals surface area contributed by atoms with Crippen molar-refractivity contribution >= 4 is 44.4 Å². The molecule has 0 atom stereocenters. The molecule has 0 spiro atoms. The third-order valence-corrected chi connectivity index (χ3v) is 7.12. The van der Waals surface area contributed by atoms with Gasteiger partial charge in [0.15, 0.2) is 5.13 Å². The molecular weight excluding hydrogens is 429 g/mol. The van der Waals surface area contributed by atoms with Gasteiger partial charge in [0.05, 0.1) is 16.8 Å². The van der Waals surface area contributed by atoms with Crippen LogP contribution in [0.1, 0.15) is 23.1 Å². The third-order valence-electron chi connectivity index (χ3n) is 5.07. The summed E-state index contributed by atoms with van der Waals surface area (Å²) in [5.41, 5.74) is 4.23. The molecule has 2 aromatic heterocycles. The van der Waals surface area contributed by atoms with Crippen LogP contribution in [0.4, 0.5) is 9.52 Å². The Morgan fingerprint density at radius 2 is 1.94 bits per heavy atom. The van der Waals surface area contributed by atoms with Gasteiger partial charge in [-0.15, -0.1) is 11.8 Å². The number of nitrogens with zero attached hydrogens (tertiary/aromatic N) is 3. The summed E-state index contributed by atoms with van der Waals surface area (Å²) < 4.78 is 14.2. The summed E-state index contributed by atoms with van der Waals surface area (Å²) in [6.45, 7) is 4.55. The second-order valence-electron chi connectivity index (χ2n) is 7.24. The standard InChI is InChI=1S/C24H22FN3OS2/c1-16-5-10-21-23(17(16)2)27-24(31-21)28(15-18-4-3-12-26-14-18)22(29)11-13-30-20-8-6-19(25)7-9-20/h3-10,12,14H,11,13,15H2,1-2H3. The largest absolute Gasteiger partial charge is 0.284 e. The molecule has 0 saturated carbocycles. The second-order valence-corrected chi connectivity index (χ2v) is 9.42. The molecular formula is C24H22FN3OS2. The van der Waals surface area contributed by atoms with Gasteiger partial charge in [-0.2, -0.15) is 0 Å². The summed E-state index contributed by atoms with van der Waals surface area (Å²) in [6, 6.07) is 14.3. The van der Waals surface area contributed by atoms with Crippen LogP contribution in [0.5, 0.6) is 0 Å².